The van der Waals surface area contributed by atoms with Crippen LogP contribution < -0.4 is 4.74 Å². The Hall–Kier alpha value is -2.46. The number of aromatic nitrogens is 2. The molecule has 0 spiro atoms. The van der Waals surface area contributed by atoms with Crippen molar-refractivity contribution < 1.29 is 4.74 Å². The SMILES string of the molecule is C/C=C/CCCOc1ccc(-c2ccc(-c3nnc(CCCCC)s3)cc2)cc1. The Kier molecular flexibility index (Phi) is 8.44. The van der Waals surface area contributed by atoms with Crippen LogP contribution >= 0.6 is 11.3 Å². The molecule has 0 atom stereocenters. The second-order valence-electron chi connectivity index (χ2n) is 7.12. The summed E-state index contributed by atoms with van der Waals surface area (Å²) in [6.45, 7) is 5.02. The van der Waals surface area contributed by atoms with Crippen LogP contribution in [0, 0.1) is 0 Å². The van der Waals surface area contributed by atoms with E-state index in [4.69, 9.17) is 4.74 Å². The highest BCUT2D eigenvalue weighted by atomic mass is 32.1. The van der Waals surface area contributed by atoms with Crippen molar-refractivity contribution in [2.75, 3.05) is 6.61 Å². The number of hydrogen-bond donors (Lipinski definition) is 0. The molecule has 2 aromatic carbocycles. The molecule has 29 heavy (non-hydrogen) atoms. The number of unbranched alkanes of at least 4 members (excludes halogenated alkanes) is 3. The molecule has 0 amide bonds. The molecule has 0 fully saturated rings. The Morgan fingerprint density at radius 2 is 1.55 bits per heavy atom. The van der Waals surface area contributed by atoms with E-state index in [2.05, 4.69) is 65.7 Å². The lowest BCUT2D eigenvalue weighted by molar-refractivity contribution is 0.312. The molecule has 152 valence electrons. The molecule has 0 bridgehead atoms. The molecule has 1 heterocycles. The van der Waals surface area contributed by atoms with E-state index in [-0.39, 0.29) is 0 Å². The van der Waals surface area contributed by atoms with Gasteiger partial charge >= 0.3 is 0 Å². The highest BCUT2D eigenvalue weighted by Gasteiger charge is 2.07. The Labute approximate surface area is 178 Å². The molecule has 0 aliphatic carbocycles. The van der Waals surface area contributed by atoms with Gasteiger partial charge in [0.15, 0.2) is 0 Å². The van der Waals surface area contributed by atoms with Gasteiger partial charge in [-0.3, -0.25) is 0 Å². The summed E-state index contributed by atoms with van der Waals surface area (Å²) in [6, 6.07) is 16.9. The van der Waals surface area contributed by atoms with Gasteiger partial charge in [0.25, 0.3) is 0 Å². The Bertz CT molecular complexity index is 882. The molecule has 4 heteroatoms. The summed E-state index contributed by atoms with van der Waals surface area (Å²) >= 11 is 1.71. The lowest BCUT2D eigenvalue weighted by atomic mass is 10.0. The van der Waals surface area contributed by atoms with Crippen LogP contribution in [0.1, 0.15) is 51.0 Å². The van der Waals surface area contributed by atoms with Crippen LogP contribution in [0.25, 0.3) is 21.7 Å². The molecular formula is C25H30N2OS. The first-order valence-corrected chi connectivity index (χ1v) is 11.4. The predicted octanol–water partition coefficient (Wildman–Crippen LogP) is 7.34. The van der Waals surface area contributed by atoms with Crippen LogP contribution in [0.15, 0.2) is 60.7 Å². The summed E-state index contributed by atoms with van der Waals surface area (Å²) in [5, 5.41) is 10.9. The van der Waals surface area contributed by atoms with Crippen molar-refractivity contribution in [2.24, 2.45) is 0 Å². The number of ether oxygens (including phenoxy) is 1. The third-order valence-electron chi connectivity index (χ3n) is 4.80. The molecule has 0 radical (unpaired) electrons. The third kappa shape index (κ3) is 6.53. The normalized spacial score (nSPS) is 11.2. The zero-order chi connectivity index (χ0) is 20.3. The van der Waals surface area contributed by atoms with Crippen molar-refractivity contribution in [3.05, 3.63) is 65.7 Å². The Morgan fingerprint density at radius 1 is 0.862 bits per heavy atom. The molecule has 0 N–H and O–H groups in total. The number of hydrogen-bond acceptors (Lipinski definition) is 4. The van der Waals surface area contributed by atoms with E-state index in [1.54, 1.807) is 11.3 Å². The van der Waals surface area contributed by atoms with Crippen molar-refractivity contribution in [1.29, 1.82) is 0 Å². The van der Waals surface area contributed by atoms with E-state index < -0.39 is 0 Å². The first-order valence-electron chi connectivity index (χ1n) is 10.6. The molecule has 3 nitrogen and oxygen atoms in total. The van der Waals surface area contributed by atoms with Crippen LogP contribution in [0.5, 0.6) is 5.75 Å². The fourth-order valence-corrected chi connectivity index (χ4v) is 3.99. The lowest BCUT2D eigenvalue weighted by Crippen LogP contribution is -1.96. The van der Waals surface area contributed by atoms with Crippen molar-refractivity contribution in [3.8, 4) is 27.4 Å². The molecule has 0 aliphatic rings. The van der Waals surface area contributed by atoms with Crippen molar-refractivity contribution in [2.45, 2.75) is 52.4 Å². The van der Waals surface area contributed by atoms with Gasteiger partial charge < -0.3 is 4.74 Å². The maximum atomic E-state index is 5.81. The van der Waals surface area contributed by atoms with Crippen molar-refractivity contribution in [3.63, 3.8) is 0 Å². The largest absolute Gasteiger partial charge is 0.494 e. The van der Waals surface area contributed by atoms with Gasteiger partial charge in [-0.15, -0.1) is 10.2 Å². The topological polar surface area (TPSA) is 35.0 Å². The molecule has 0 saturated heterocycles. The van der Waals surface area contributed by atoms with E-state index in [1.165, 1.54) is 30.4 Å². The minimum absolute atomic E-state index is 0.751. The van der Waals surface area contributed by atoms with E-state index in [9.17, 15) is 0 Å². The van der Waals surface area contributed by atoms with Gasteiger partial charge in [0.05, 0.1) is 6.61 Å². The average molecular weight is 407 g/mol. The summed E-state index contributed by atoms with van der Waals surface area (Å²) in [6.07, 6.45) is 11.1. The van der Waals surface area contributed by atoms with Crippen molar-refractivity contribution in [1.82, 2.24) is 10.2 Å². The van der Waals surface area contributed by atoms with E-state index in [0.29, 0.717) is 0 Å². The van der Waals surface area contributed by atoms with Crippen molar-refractivity contribution >= 4 is 11.3 Å². The lowest BCUT2D eigenvalue weighted by Gasteiger charge is -2.07. The standard InChI is InChI=1S/C25H30N2OS/c1-3-5-7-9-19-28-23-17-15-21(16-18-23)20-11-13-22(14-12-20)25-27-26-24(29-25)10-8-6-4-2/h3,5,11-18H,4,6-10,19H2,1-2H3/b5-3+. The van der Waals surface area contributed by atoms with Crippen LogP contribution in [0.2, 0.25) is 0 Å². The second-order valence-corrected chi connectivity index (χ2v) is 8.18. The maximum absolute atomic E-state index is 5.81. The van der Waals surface area contributed by atoms with Gasteiger partial charge in [0.1, 0.15) is 15.8 Å². The summed E-state index contributed by atoms with van der Waals surface area (Å²) < 4.78 is 5.81. The fourth-order valence-electron chi connectivity index (χ4n) is 3.10. The quantitative estimate of drug-likeness (QED) is 0.247. The number of benzene rings is 2. The minimum Gasteiger partial charge on any atom is -0.494 e. The van der Waals surface area contributed by atoms with Gasteiger partial charge in [0, 0.05) is 12.0 Å². The zero-order valence-electron chi connectivity index (χ0n) is 17.4. The van der Waals surface area contributed by atoms with Crippen LogP contribution in [-0.2, 0) is 6.42 Å². The monoisotopic (exact) mass is 406 g/mol. The summed E-state index contributed by atoms with van der Waals surface area (Å²) in [4.78, 5) is 0. The first kappa shape index (κ1) is 21.3. The summed E-state index contributed by atoms with van der Waals surface area (Å²) in [5.74, 6) is 0.926. The zero-order valence-corrected chi connectivity index (χ0v) is 18.3. The highest BCUT2D eigenvalue weighted by molar-refractivity contribution is 7.14. The van der Waals surface area contributed by atoms with Gasteiger partial charge in [-0.05, 0) is 49.4 Å². The van der Waals surface area contributed by atoms with Gasteiger partial charge in [-0.25, -0.2) is 0 Å². The number of nitrogens with zero attached hydrogens (tertiary/aromatic N) is 2. The molecule has 0 saturated carbocycles. The molecule has 1 aromatic heterocycles. The minimum atomic E-state index is 0.751. The molecule has 3 aromatic rings. The molecule has 0 unspecified atom stereocenters. The summed E-state index contributed by atoms with van der Waals surface area (Å²) in [5.41, 5.74) is 3.52. The Morgan fingerprint density at radius 3 is 2.24 bits per heavy atom. The fraction of sp³-hybridized carbons (Fsp3) is 0.360. The van der Waals surface area contributed by atoms with Gasteiger partial charge in [-0.1, -0.05) is 79.7 Å². The molecular weight excluding hydrogens is 376 g/mol. The number of rotatable bonds is 11. The molecule has 3 rings (SSSR count). The summed E-state index contributed by atoms with van der Waals surface area (Å²) in [7, 11) is 0. The smallest absolute Gasteiger partial charge is 0.147 e. The average Bonchev–Trinajstić information content (AvgIpc) is 3.23. The second kappa shape index (κ2) is 11.5. The highest BCUT2D eigenvalue weighted by Crippen LogP contribution is 2.28. The maximum Gasteiger partial charge on any atom is 0.147 e. The van der Waals surface area contributed by atoms with E-state index in [1.807, 2.05) is 19.1 Å². The van der Waals surface area contributed by atoms with Crippen LogP contribution in [-0.4, -0.2) is 16.8 Å². The van der Waals surface area contributed by atoms with E-state index in [0.717, 1.165) is 47.2 Å². The number of allylic oxidation sites excluding steroid dienone is 2. The first-order chi connectivity index (χ1) is 14.3. The Balaban J connectivity index is 1.57. The van der Waals surface area contributed by atoms with E-state index >= 15 is 0 Å². The van der Waals surface area contributed by atoms with Gasteiger partial charge in [-0.2, -0.15) is 0 Å². The molecule has 0 aliphatic heterocycles. The van der Waals surface area contributed by atoms with Crippen LogP contribution in [0.3, 0.4) is 0 Å². The van der Waals surface area contributed by atoms with Crippen LogP contribution in [0.4, 0.5) is 0 Å². The van der Waals surface area contributed by atoms with Gasteiger partial charge in [0.2, 0.25) is 0 Å². The number of aryl methyl sites for hydroxylation is 1. The third-order valence-corrected chi connectivity index (χ3v) is 5.83. The predicted molar refractivity (Wildman–Crippen MR) is 124 cm³/mol.